The van der Waals surface area contributed by atoms with Gasteiger partial charge in [-0.25, -0.2) is 0 Å². The average Bonchev–Trinajstić information content (AvgIpc) is 2.25. The molecule has 1 atom stereocenters. The highest BCUT2D eigenvalue weighted by Gasteiger charge is 2.25. The highest BCUT2D eigenvalue weighted by atomic mass is 15.2. The van der Waals surface area contributed by atoms with Crippen LogP contribution in [0.3, 0.4) is 0 Å². The molecule has 0 bridgehead atoms. The fraction of sp³-hybridized carbons (Fsp3) is 1.00. The van der Waals surface area contributed by atoms with Crippen LogP contribution in [0.15, 0.2) is 0 Å². The molecule has 1 fully saturated rings. The number of nitrogens with one attached hydrogen (secondary N) is 1. The van der Waals surface area contributed by atoms with Gasteiger partial charge >= 0.3 is 0 Å². The molecular weight excluding hydrogens is 160 g/mol. The highest BCUT2D eigenvalue weighted by molar-refractivity contribution is 4.86. The molecule has 1 rings (SSSR count). The van der Waals surface area contributed by atoms with E-state index in [0.29, 0.717) is 5.54 Å². The summed E-state index contributed by atoms with van der Waals surface area (Å²) in [6, 6.07) is 0.735. The van der Waals surface area contributed by atoms with Gasteiger partial charge in [0, 0.05) is 18.1 Å². The summed E-state index contributed by atoms with van der Waals surface area (Å²) in [5.74, 6) is 0. The Bertz CT molecular complexity index is 154. The van der Waals surface area contributed by atoms with Crippen LogP contribution in [0.1, 0.15) is 40.5 Å². The first kappa shape index (κ1) is 11.0. The van der Waals surface area contributed by atoms with Crippen LogP contribution in [0, 0.1) is 0 Å². The molecule has 0 aromatic rings. The van der Waals surface area contributed by atoms with E-state index in [0.717, 1.165) is 6.04 Å². The fourth-order valence-electron chi connectivity index (χ4n) is 1.99. The molecule has 0 saturated carbocycles. The van der Waals surface area contributed by atoms with Crippen LogP contribution in [0.2, 0.25) is 0 Å². The van der Waals surface area contributed by atoms with E-state index in [-0.39, 0.29) is 0 Å². The molecule has 1 N–H and O–H groups in total. The average molecular weight is 184 g/mol. The second-order valence-electron chi connectivity index (χ2n) is 4.89. The van der Waals surface area contributed by atoms with Crippen molar-refractivity contribution >= 4 is 0 Å². The molecule has 2 heteroatoms. The maximum atomic E-state index is 3.59. The van der Waals surface area contributed by atoms with E-state index in [1.165, 1.54) is 32.5 Å². The minimum absolute atomic E-state index is 0.292. The normalized spacial score (nSPS) is 26.8. The number of hydrogen-bond acceptors (Lipinski definition) is 2. The predicted molar refractivity (Wildman–Crippen MR) is 58.0 cm³/mol. The minimum atomic E-state index is 0.292. The monoisotopic (exact) mass is 184 g/mol. The molecule has 0 spiro atoms. The first-order valence-electron chi connectivity index (χ1n) is 5.54. The van der Waals surface area contributed by atoms with E-state index >= 15 is 0 Å². The standard InChI is InChI=1S/C11H24N2/c1-5-10(2)13-8-6-7-12-11(3,4)9-13/h10,12H,5-9H2,1-4H3. The van der Waals surface area contributed by atoms with E-state index in [2.05, 4.69) is 37.9 Å². The Morgan fingerprint density at radius 2 is 2.15 bits per heavy atom. The van der Waals surface area contributed by atoms with Crippen LogP contribution in [0.25, 0.3) is 0 Å². The van der Waals surface area contributed by atoms with Crippen LogP contribution in [0.4, 0.5) is 0 Å². The molecule has 0 amide bonds. The second kappa shape index (κ2) is 4.43. The topological polar surface area (TPSA) is 15.3 Å². The lowest BCUT2D eigenvalue weighted by Crippen LogP contribution is -2.48. The Morgan fingerprint density at radius 1 is 1.46 bits per heavy atom. The molecule has 1 heterocycles. The lowest BCUT2D eigenvalue weighted by Gasteiger charge is -2.33. The Balaban J connectivity index is 2.54. The van der Waals surface area contributed by atoms with Crippen molar-refractivity contribution in [2.24, 2.45) is 0 Å². The van der Waals surface area contributed by atoms with Gasteiger partial charge in [0.25, 0.3) is 0 Å². The quantitative estimate of drug-likeness (QED) is 0.704. The van der Waals surface area contributed by atoms with Crippen molar-refractivity contribution in [3.8, 4) is 0 Å². The molecule has 13 heavy (non-hydrogen) atoms. The van der Waals surface area contributed by atoms with Gasteiger partial charge in [0.15, 0.2) is 0 Å². The Morgan fingerprint density at radius 3 is 2.77 bits per heavy atom. The van der Waals surface area contributed by atoms with E-state index in [4.69, 9.17) is 0 Å². The van der Waals surface area contributed by atoms with Crippen molar-refractivity contribution in [1.29, 1.82) is 0 Å². The summed E-state index contributed by atoms with van der Waals surface area (Å²) in [4.78, 5) is 2.61. The Labute approximate surface area is 82.7 Å². The Hall–Kier alpha value is -0.0800. The van der Waals surface area contributed by atoms with Crippen molar-refractivity contribution in [1.82, 2.24) is 10.2 Å². The van der Waals surface area contributed by atoms with Gasteiger partial charge in [-0.15, -0.1) is 0 Å². The number of nitrogens with zero attached hydrogens (tertiary/aromatic N) is 1. The van der Waals surface area contributed by atoms with Gasteiger partial charge in [0.1, 0.15) is 0 Å². The lowest BCUT2D eigenvalue weighted by atomic mass is 10.0. The molecule has 1 aliphatic rings. The van der Waals surface area contributed by atoms with E-state index in [1.54, 1.807) is 0 Å². The second-order valence-corrected chi connectivity index (χ2v) is 4.89. The lowest BCUT2D eigenvalue weighted by molar-refractivity contribution is 0.175. The first-order chi connectivity index (χ1) is 6.05. The molecule has 0 aromatic heterocycles. The molecule has 0 aromatic carbocycles. The smallest absolute Gasteiger partial charge is 0.0252 e. The van der Waals surface area contributed by atoms with Crippen LogP contribution in [-0.4, -0.2) is 36.1 Å². The van der Waals surface area contributed by atoms with Crippen molar-refractivity contribution in [2.45, 2.75) is 52.1 Å². The zero-order valence-electron chi connectivity index (χ0n) is 9.56. The third kappa shape index (κ3) is 3.28. The van der Waals surface area contributed by atoms with Crippen LogP contribution in [-0.2, 0) is 0 Å². The molecule has 1 aliphatic heterocycles. The largest absolute Gasteiger partial charge is 0.310 e. The SMILES string of the molecule is CCC(C)N1CCCNC(C)(C)C1. The van der Waals surface area contributed by atoms with Crippen molar-refractivity contribution < 1.29 is 0 Å². The van der Waals surface area contributed by atoms with E-state index < -0.39 is 0 Å². The summed E-state index contributed by atoms with van der Waals surface area (Å²) < 4.78 is 0. The maximum Gasteiger partial charge on any atom is 0.0252 e. The summed E-state index contributed by atoms with van der Waals surface area (Å²) >= 11 is 0. The minimum Gasteiger partial charge on any atom is -0.310 e. The first-order valence-corrected chi connectivity index (χ1v) is 5.54. The number of rotatable bonds is 2. The zero-order chi connectivity index (χ0) is 9.90. The van der Waals surface area contributed by atoms with E-state index in [1.807, 2.05) is 0 Å². The van der Waals surface area contributed by atoms with Gasteiger partial charge in [0.2, 0.25) is 0 Å². The van der Waals surface area contributed by atoms with Gasteiger partial charge in [-0.3, -0.25) is 4.90 Å². The fourth-order valence-corrected chi connectivity index (χ4v) is 1.99. The maximum absolute atomic E-state index is 3.59. The van der Waals surface area contributed by atoms with Gasteiger partial charge in [-0.05, 0) is 46.7 Å². The van der Waals surface area contributed by atoms with Crippen LogP contribution < -0.4 is 5.32 Å². The summed E-state index contributed by atoms with van der Waals surface area (Å²) in [6.07, 6.45) is 2.55. The molecule has 0 aliphatic carbocycles. The summed E-state index contributed by atoms with van der Waals surface area (Å²) in [7, 11) is 0. The van der Waals surface area contributed by atoms with Gasteiger partial charge in [-0.2, -0.15) is 0 Å². The molecule has 0 radical (unpaired) electrons. The van der Waals surface area contributed by atoms with E-state index in [9.17, 15) is 0 Å². The zero-order valence-corrected chi connectivity index (χ0v) is 9.56. The van der Waals surface area contributed by atoms with Gasteiger partial charge < -0.3 is 5.32 Å². The molecule has 1 saturated heterocycles. The molecular formula is C11H24N2. The molecule has 2 nitrogen and oxygen atoms in total. The van der Waals surface area contributed by atoms with Crippen LogP contribution in [0.5, 0.6) is 0 Å². The number of hydrogen-bond donors (Lipinski definition) is 1. The van der Waals surface area contributed by atoms with Crippen LogP contribution >= 0.6 is 0 Å². The summed E-state index contributed by atoms with van der Waals surface area (Å²) in [5, 5.41) is 3.59. The molecule has 78 valence electrons. The van der Waals surface area contributed by atoms with Gasteiger partial charge in [0.05, 0.1) is 0 Å². The highest BCUT2D eigenvalue weighted by Crippen LogP contribution is 2.14. The van der Waals surface area contributed by atoms with Crippen molar-refractivity contribution in [3.05, 3.63) is 0 Å². The summed E-state index contributed by atoms with van der Waals surface area (Å²) in [5.41, 5.74) is 0.292. The third-order valence-electron chi connectivity index (χ3n) is 3.04. The molecule has 1 unspecified atom stereocenters. The van der Waals surface area contributed by atoms with Crippen molar-refractivity contribution in [3.63, 3.8) is 0 Å². The van der Waals surface area contributed by atoms with Crippen molar-refractivity contribution in [2.75, 3.05) is 19.6 Å². The summed E-state index contributed by atoms with van der Waals surface area (Å²) in [6.45, 7) is 12.8. The Kier molecular flexibility index (Phi) is 3.74. The third-order valence-corrected chi connectivity index (χ3v) is 3.04. The van der Waals surface area contributed by atoms with Gasteiger partial charge in [-0.1, -0.05) is 6.92 Å². The predicted octanol–water partition coefficient (Wildman–Crippen LogP) is 1.86.